The van der Waals surface area contributed by atoms with Crippen LogP contribution in [-0.4, -0.2) is 39.9 Å². The molecule has 8 heteroatoms. The van der Waals surface area contributed by atoms with Crippen LogP contribution in [0.4, 0.5) is 5.13 Å². The maximum absolute atomic E-state index is 12.1. The summed E-state index contributed by atoms with van der Waals surface area (Å²) in [5.41, 5.74) is 0.790. The molecule has 26 heavy (non-hydrogen) atoms. The van der Waals surface area contributed by atoms with Crippen molar-refractivity contribution in [3.05, 3.63) is 48.5 Å². The predicted molar refractivity (Wildman–Crippen MR) is 104 cm³/mol. The number of fused-ring (bicyclic) bond motifs is 1. The lowest BCUT2D eigenvalue weighted by atomic mass is 10.3. The van der Waals surface area contributed by atoms with Crippen molar-refractivity contribution in [2.24, 2.45) is 0 Å². The van der Waals surface area contributed by atoms with E-state index in [1.165, 1.54) is 23.1 Å². The Morgan fingerprint density at radius 3 is 2.81 bits per heavy atom. The second-order valence-corrected chi connectivity index (χ2v) is 7.67. The third-order valence-corrected chi connectivity index (χ3v) is 5.62. The first-order valence-electron chi connectivity index (χ1n) is 7.96. The number of carbonyl (C=O) groups is 2. The minimum Gasteiger partial charge on any atom is -0.457 e. The molecular formula is C18H15N3O3S2. The lowest BCUT2D eigenvalue weighted by molar-refractivity contribution is -0.130. The van der Waals surface area contributed by atoms with Gasteiger partial charge in [0.25, 0.3) is 0 Å². The number of amides is 2. The number of aromatic nitrogens is 1. The fourth-order valence-electron chi connectivity index (χ4n) is 2.52. The standard InChI is InChI=1S/C18H15N3O3S2/c22-16(9-21-11-25-10-17(21)23)20-18-19-14-7-6-13(8-15(14)26-18)24-12-4-2-1-3-5-12/h1-8H,9-11H2,(H,19,20,22). The van der Waals surface area contributed by atoms with Gasteiger partial charge >= 0.3 is 0 Å². The number of thiazole rings is 1. The molecule has 1 aliphatic heterocycles. The first kappa shape index (κ1) is 16.9. The summed E-state index contributed by atoms with van der Waals surface area (Å²) in [4.78, 5) is 29.7. The van der Waals surface area contributed by atoms with Gasteiger partial charge in [-0.1, -0.05) is 29.5 Å². The zero-order valence-electron chi connectivity index (χ0n) is 13.7. The molecule has 0 atom stereocenters. The molecule has 0 saturated carbocycles. The van der Waals surface area contributed by atoms with Crippen LogP contribution in [0, 0.1) is 0 Å². The largest absolute Gasteiger partial charge is 0.457 e. The highest BCUT2D eigenvalue weighted by atomic mass is 32.2. The molecule has 1 aromatic heterocycles. The number of nitrogens with zero attached hydrogens (tertiary/aromatic N) is 2. The number of hydrogen-bond acceptors (Lipinski definition) is 6. The second kappa shape index (κ2) is 7.35. The topological polar surface area (TPSA) is 71.5 Å². The Balaban J connectivity index is 1.45. The molecule has 2 aromatic carbocycles. The van der Waals surface area contributed by atoms with Gasteiger partial charge in [0.15, 0.2) is 5.13 Å². The molecule has 2 heterocycles. The van der Waals surface area contributed by atoms with Gasteiger partial charge in [0.05, 0.1) is 21.8 Å². The second-order valence-electron chi connectivity index (χ2n) is 5.68. The summed E-state index contributed by atoms with van der Waals surface area (Å²) < 4.78 is 6.74. The van der Waals surface area contributed by atoms with Gasteiger partial charge in [-0.2, -0.15) is 0 Å². The Hall–Kier alpha value is -2.58. The third kappa shape index (κ3) is 3.81. The molecule has 4 rings (SSSR count). The zero-order valence-corrected chi connectivity index (χ0v) is 15.3. The van der Waals surface area contributed by atoms with E-state index in [2.05, 4.69) is 10.3 Å². The summed E-state index contributed by atoms with van der Waals surface area (Å²) in [7, 11) is 0. The fourth-order valence-corrected chi connectivity index (χ4v) is 4.33. The molecule has 1 N–H and O–H groups in total. The van der Waals surface area contributed by atoms with Gasteiger partial charge in [-0.05, 0) is 24.3 Å². The van der Waals surface area contributed by atoms with Crippen LogP contribution in [0.25, 0.3) is 10.2 Å². The van der Waals surface area contributed by atoms with Crippen molar-refractivity contribution in [3.63, 3.8) is 0 Å². The Bertz CT molecular complexity index is 959. The molecule has 0 radical (unpaired) electrons. The van der Waals surface area contributed by atoms with E-state index in [1.54, 1.807) is 4.90 Å². The molecule has 1 saturated heterocycles. The van der Waals surface area contributed by atoms with Crippen LogP contribution >= 0.6 is 23.1 Å². The number of anilines is 1. The number of thioether (sulfide) groups is 1. The van der Waals surface area contributed by atoms with Gasteiger partial charge in [-0.15, -0.1) is 11.8 Å². The molecule has 1 fully saturated rings. The highest BCUT2D eigenvalue weighted by Crippen LogP contribution is 2.31. The quantitative estimate of drug-likeness (QED) is 0.727. The average molecular weight is 385 g/mol. The van der Waals surface area contributed by atoms with E-state index >= 15 is 0 Å². The average Bonchev–Trinajstić information content (AvgIpc) is 3.21. The van der Waals surface area contributed by atoms with Crippen molar-refractivity contribution in [1.82, 2.24) is 9.88 Å². The number of para-hydroxylation sites is 1. The van der Waals surface area contributed by atoms with Gasteiger partial charge in [0.1, 0.15) is 18.0 Å². The number of carbonyl (C=O) groups excluding carboxylic acids is 2. The molecule has 6 nitrogen and oxygen atoms in total. The first-order chi connectivity index (χ1) is 12.7. The fraction of sp³-hybridized carbons (Fsp3) is 0.167. The third-order valence-electron chi connectivity index (χ3n) is 3.74. The van der Waals surface area contributed by atoms with Gasteiger partial charge in [0, 0.05) is 6.07 Å². The van der Waals surface area contributed by atoms with Crippen molar-refractivity contribution in [2.45, 2.75) is 0 Å². The van der Waals surface area contributed by atoms with Crippen LogP contribution in [-0.2, 0) is 9.59 Å². The number of benzene rings is 2. The van der Waals surface area contributed by atoms with E-state index in [4.69, 9.17) is 4.74 Å². The summed E-state index contributed by atoms with van der Waals surface area (Å²) in [5.74, 6) is 2.24. The summed E-state index contributed by atoms with van der Waals surface area (Å²) in [6.07, 6.45) is 0. The van der Waals surface area contributed by atoms with Crippen LogP contribution in [0.1, 0.15) is 0 Å². The summed E-state index contributed by atoms with van der Waals surface area (Å²) in [6, 6.07) is 15.1. The molecule has 0 bridgehead atoms. The lowest BCUT2D eigenvalue weighted by Gasteiger charge is -2.12. The van der Waals surface area contributed by atoms with Crippen LogP contribution < -0.4 is 10.1 Å². The Morgan fingerprint density at radius 2 is 2.04 bits per heavy atom. The van der Waals surface area contributed by atoms with Gasteiger partial charge in [0.2, 0.25) is 11.8 Å². The van der Waals surface area contributed by atoms with E-state index in [0.29, 0.717) is 22.5 Å². The summed E-state index contributed by atoms with van der Waals surface area (Å²) in [6.45, 7) is 0.0596. The number of hydrogen-bond donors (Lipinski definition) is 1. The van der Waals surface area contributed by atoms with E-state index in [9.17, 15) is 9.59 Å². The van der Waals surface area contributed by atoms with E-state index in [-0.39, 0.29) is 18.4 Å². The maximum Gasteiger partial charge on any atom is 0.245 e. The lowest BCUT2D eigenvalue weighted by Crippen LogP contribution is -2.34. The van der Waals surface area contributed by atoms with Crippen LogP contribution in [0.5, 0.6) is 11.5 Å². The molecule has 1 aliphatic rings. The van der Waals surface area contributed by atoms with Gasteiger partial charge in [-0.25, -0.2) is 4.98 Å². The molecule has 2 amide bonds. The van der Waals surface area contributed by atoms with Gasteiger partial charge in [-0.3, -0.25) is 9.59 Å². The Morgan fingerprint density at radius 1 is 1.19 bits per heavy atom. The SMILES string of the molecule is O=C(CN1CSCC1=O)Nc1nc2ccc(Oc3ccccc3)cc2s1. The van der Waals surface area contributed by atoms with Crippen molar-refractivity contribution < 1.29 is 14.3 Å². The highest BCUT2D eigenvalue weighted by molar-refractivity contribution is 8.00. The van der Waals surface area contributed by atoms with Crippen molar-refractivity contribution >= 4 is 50.3 Å². The van der Waals surface area contributed by atoms with Gasteiger partial charge < -0.3 is 15.0 Å². The monoisotopic (exact) mass is 385 g/mol. The maximum atomic E-state index is 12.1. The van der Waals surface area contributed by atoms with E-state index in [1.807, 2.05) is 48.5 Å². The van der Waals surface area contributed by atoms with Crippen molar-refractivity contribution in [3.8, 4) is 11.5 Å². The smallest absolute Gasteiger partial charge is 0.245 e. The molecule has 0 unspecified atom stereocenters. The predicted octanol–water partition coefficient (Wildman–Crippen LogP) is 3.56. The van der Waals surface area contributed by atoms with Crippen LogP contribution in [0.2, 0.25) is 0 Å². The minimum absolute atomic E-state index is 0.00264. The van der Waals surface area contributed by atoms with Crippen molar-refractivity contribution in [1.29, 1.82) is 0 Å². The summed E-state index contributed by atoms with van der Waals surface area (Å²) in [5, 5.41) is 3.29. The normalized spacial score (nSPS) is 14.0. The molecule has 3 aromatic rings. The minimum atomic E-state index is -0.235. The van der Waals surface area contributed by atoms with E-state index < -0.39 is 0 Å². The molecular weight excluding hydrogens is 370 g/mol. The highest BCUT2D eigenvalue weighted by Gasteiger charge is 2.23. The number of ether oxygens (including phenoxy) is 1. The number of rotatable bonds is 5. The zero-order chi connectivity index (χ0) is 17.9. The summed E-state index contributed by atoms with van der Waals surface area (Å²) >= 11 is 2.89. The van der Waals surface area contributed by atoms with Crippen LogP contribution in [0.3, 0.4) is 0 Å². The first-order valence-corrected chi connectivity index (χ1v) is 9.93. The van der Waals surface area contributed by atoms with Crippen LogP contribution in [0.15, 0.2) is 48.5 Å². The van der Waals surface area contributed by atoms with E-state index in [0.717, 1.165) is 16.0 Å². The molecule has 0 aliphatic carbocycles. The molecule has 132 valence electrons. The Labute approximate surface area is 158 Å². The number of nitrogens with one attached hydrogen (secondary N) is 1. The Kier molecular flexibility index (Phi) is 4.77. The van der Waals surface area contributed by atoms with Crippen molar-refractivity contribution in [2.75, 3.05) is 23.5 Å². The molecule has 0 spiro atoms.